The van der Waals surface area contributed by atoms with Gasteiger partial charge in [0.1, 0.15) is 12.3 Å². The van der Waals surface area contributed by atoms with Gasteiger partial charge < -0.3 is 19.7 Å². The smallest absolute Gasteiger partial charge is 0.294 e. The van der Waals surface area contributed by atoms with Crippen LogP contribution in [-0.2, 0) is 9.59 Å². The Bertz CT molecular complexity index is 1030. The van der Waals surface area contributed by atoms with Crippen LogP contribution in [0.15, 0.2) is 52.7 Å². The number of rotatable bonds is 7. The van der Waals surface area contributed by atoms with Crippen LogP contribution in [0.2, 0.25) is 0 Å². The molecule has 1 saturated heterocycles. The van der Waals surface area contributed by atoms with Crippen molar-refractivity contribution in [1.82, 2.24) is 10.2 Å². The molecule has 7 nitrogen and oxygen atoms in total. The number of hydrogen-bond acceptors (Lipinski definition) is 5. The van der Waals surface area contributed by atoms with E-state index in [9.17, 15) is 9.59 Å². The average Bonchev–Trinajstić information content (AvgIpc) is 3.30. The molecule has 0 aromatic heterocycles. The van der Waals surface area contributed by atoms with Gasteiger partial charge in [0.25, 0.3) is 5.91 Å². The first-order valence-electron chi connectivity index (χ1n) is 10.7. The fourth-order valence-corrected chi connectivity index (χ4v) is 4.46. The second-order valence-electron chi connectivity index (χ2n) is 7.76. The lowest BCUT2D eigenvalue weighted by atomic mass is 10.1. The highest BCUT2D eigenvalue weighted by molar-refractivity contribution is 9.10. The molecule has 2 amide bonds. The monoisotopic (exact) mass is 499 g/mol. The molecule has 2 heterocycles. The van der Waals surface area contributed by atoms with Gasteiger partial charge in [-0.15, -0.1) is 0 Å². The number of nitrogens with zero attached hydrogens (tertiary/aromatic N) is 2. The van der Waals surface area contributed by atoms with Crippen molar-refractivity contribution in [3.8, 4) is 11.5 Å². The highest BCUT2D eigenvalue weighted by Gasteiger charge is 2.31. The van der Waals surface area contributed by atoms with E-state index >= 15 is 0 Å². The highest BCUT2D eigenvalue weighted by atomic mass is 79.9. The first-order chi connectivity index (χ1) is 15.5. The normalized spacial score (nSPS) is 17.2. The number of carbonyl (C=O) groups is 2. The summed E-state index contributed by atoms with van der Waals surface area (Å²) < 4.78 is 11.9. The van der Waals surface area contributed by atoms with Crippen LogP contribution in [-0.4, -0.2) is 56.5 Å². The average molecular weight is 500 g/mol. The zero-order chi connectivity index (χ0) is 22.5. The van der Waals surface area contributed by atoms with Gasteiger partial charge in [-0.2, -0.15) is 0 Å². The van der Waals surface area contributed by atoms with Gasteiger partial charge >= 0.3 is 0 Å². The van der Waals surface area contributed by atoms with E-state index in [0.29, 0.717) is 23.7 Å². The number of hydrogen-bond donors (Lipinski definition) is 1. The van der Waals surface area contributed by atoms with Crippen molar-refractivity contribution in [2.45, 2.75) is 12.8 Å². The van der Waals surface area contributed by atoms with Gasteiger partial charge in [-0.25, -0.2) is 0 Å². The second-order valence-corrected chi connectivity index (χ2v) is 8.62. The largest absolute Gasteiger partial charge is 0.496 e. The molecule has 0 bridgehead atoms. The molecule has 0 spiro atoms. The SMILES string of the molecule is COc1ccc(/C=C2\Oc3ccccc3N(CC(=O)NCCN3CCCC3)C2=O)cc1Br. The molecule has 1 fully saturated rings. The van der Waals surface area contributed by atoms with Gasteiger partial charge in [0, 0.05) is 13.1 Å². The lowest BCUT2D eigenvalue weighted by Gasteiger charge is -2.30. The van der Waals surface area contributed by atoms with Crippen LogP contribution in [0.25, 0.3) is 6.08 Å². The Hall–Kier alpha value is -2.84. The Labute approximate surface area is 196 Å². The molecule has 2 aromatic carbocycles. The number of benzene rings is 2. The van der Waals surface area contributed by atoms with Crippen molar-refractivity contribution in [1.29, 1.82) is 0 Å². The Morgan fingerprint density at radius 1 is 1.22 bits per heavy atom. The molecule has 32 heavy (non-hydrogen) atoms. The Kier molecular flexibility index (Phi) is 7.12. The number of para-hydroxylation sites is 2. The van der Waals surface area contributed by atoms with Crippen molar-refractivity contribution in [3.63, 3.8) is 0 Å². The topological polar surface area (TPSA) is 71.1 Å². The molecule has 8 heteroatoms. The molecule has 0 unspecified atom stereocenters. The number of anilines is 1. The van der Waals surface area contributed by atoms with Crippen molar-refractivity contribution in [2.75, 3.05) is 44.7 Å². The van der Waals surface area contributed by atoms with Gasteiger partial charge in [-0.05, 0) is 77.8 Å². The van der Waals surface area contributed by atoms with E-state index in [-0.39, 0.29) is 24.1 Å². The van der Waals surface area contributed by atoms with Gasteiger partial charge in [-0.1, -0.05) is 18.2 Å². The van der Waals surface area contributed by atoms with E-state index in [1.807, 2.05) is 30.3 Å². The predicted octanol–water partition coefficient (Wildman–Crippen LogP) is 3.44. The minimum absolute atomic E-state index is 0.0666. The van der Waals surface area contributed by atoms with E-state index < -0.39 is 0 Å². The van der Waals surface area contributed by atoms with Crippen LogP contribution in [0.3, 0.4) is 0 Å². The Morgan fingerprint density at radius 3 is 2.75 bits per heavy atom. The fourth-order valence-electron chi connectivity index (χ4n) is 3.90. The molecule has 1 N–H and O–H groups in total. The van der Waals surface area contributed by atoms with Crippen LogP contribution in [0.5, 0.6) is 11.5 Å². The quantitative estimate of drug-likeness (QED) is 0.590. The van der Waals surface area contributed by atoms with E-state index in [0.717, 1.165) is 29.7 Å². The number of ether oxygens (including phenoxy) is 2. The number of amides is 2. The minimum Gasteiger partial charge on any atom is -0.496 e. The number of nitrogens with one attached hydrogen (secondary N) is 1. The Morgan fingerprint density at radius 2 is 2.00 bits per heavy atom. The summed E-state index contributed by atoms with van der Waals surface area (Å²) in [5, 5.41) is 2.94. The summed E-state index contributed by atoms with van der Waals surface area (Å²) in [4.78, 5) is 29.6. The molecule has 0 aliphatic carbocycles. The summed E-state index contributed by atoms with van der Waals surface area (Å²) in [6.07, 6.45) is 4.10. The lowest BCUT2D eigenvalue weighted by Crippen LogP contribution is -2.45. The maximum atomic E-state index is 13.2. The molecular formula is C24H26BrN3O4. The maximum absolute atomic E-state index is 13.2. The molecule has 168 valence electrons. The molecule has 0 saturated carbocycles. The van der Waals surface area contributed by atoms with Crippen LogP contribution in [0.4, 0.5) is 5.69 Å². The van der Waals surface area contributed by atoms with Crippen LogP contribution >= 0.6 is 15.9 Å². The van der Waals surface area contributed by atoms with E-state index in [1.54, 1.807) is 25.3 Å². The van der Waals surface area contributed by atoms with Gasteiger partial charge in [0.2, 0.25) is 5.91 Å². The minimum atomic E-state index is -0.356. The number of carbonyl (C=O) groups excluding carboxylic acids is 2. The van der Waals surface area contributed by atoms with Crippen molar-refractivity contribution in [2.24, 2.45) is 0 Å². The van der Waals surface area contributed by atoms with Crippen LogP contribution in [0.1, 0.15) is 18.4 Å². The molecule has 2 aliphatic rings. The predicted molar refractivity (Wildman–Crippen MR) is 127 cm³/mol. The first-order valence-corrected chi connectivity index (χ1v) is 11.5. The summed E-state index contributed by atoms with van der Waals surface area (Å²) in [7, 11) is 1.59. The standard InChI is InChI=1S/C24H26BrN3O4/c1-31-20-9-8-17(14-18(20)25)15-22-24(30)28(19-6-2-3-7-21(19)32-22)16-23(29)26-10-13-27-11-4-5-12-27/h2-3,6-9,14-15H,4-5,10-13,16H2,1H3,(H,26,29)/b22-15-. The summed E-state index contributed by atoms with van der Waals surface area (Å²) >= 11 is 3.46. The summed E-state index contributed by atoms with van der Waals surface area (Å²) in [5.74, 6) is 0.841. The third-order valence-corrected chi connectivity index (χ3v) is 6.18. The summed E-state index contributed by atoms with van der Waals surface area (Å²) in [5.41, 5.74) is 1.36. The Balaban J connectivity index is 1.50. The van der Waals surface area contributed by atoms with E-state index in [4.69, 9.17) is 9.47 Å². The third-order valence-electron chi connectivity index (χ3n) is 5.56. The van der Waals surface area contributed by atoms with Gasteiger partial charge in [-0.3, -0.25) is 14.5 Å². The van der Waals surface area contributed by atoms with Crippen molar-refractivity contribution < 1.29 is 19.1 Å². The molecule has 0 radical (unpaired) electrons. The zero-order valence-corrected chi connectivity index (χ0v) is 19.6. The summed E-state index contributed by atoms with van der Waals surface area (Å²) in [6.45, 7) is 3.50. The van der Waals surface area contributed by atoms with Crippen LogP contribution in [0, 0.1) is 0 Å². The number of fused-ring (bicyclic) bond motifs is 1. The zero-order valence-electron chi connectivity index (χ0n) is 18.0. The molecule has 2 aliphatic heterocycles. The van der Waals surface area contributed by atoms with Crippen molar-refractivity contribution in [3.05, 3.63) is 58.3 Å². The molecule has 2 aromatic rings. The van der Waals surface area contributed by atoms with Gasteiger partial charge in [0.15, 0.2) is 11.5 Å². The van der Waals surface area contributed by atoms with Gasteiger partial charge in [0.05, 0.1) is 17.3 Å². The highest BCUT2D eigenvalue weighted by Crippen LogP contribution is 2.36. The molecule has 4 rings (SSSR count). The number of likely N-dealkylation sites (tertiary alicyclic amines) is 1. The van der Waals surface area contributed by atoms with Crippen LogP contribution < -0.4 is 19.7 Å². The number of methoxy groups -OCH3 is 1. The third kappa shape index (κ3) is 5.14. The maximum Gasteiger partial charge on any atom is 0.294 e. The second kappa shape index (κ2) is 10.2. The first kappa shape index (κ1) is 22.4. The molecule has 0 atom stereocenters. The van der Waals surface area contributed by atoms with Crippen molar-refractivity contribution >= 4 is 39.5 Å². The summed E-state index contributed by atoms with van der Waals surface area (Å²) in [6, 6.07) is 12.7. The molecular weight excluding hydrogens is 474 g/mol. The number of halogens is 1. The van der Waals surface area contributed by atoms with E-state index in [2.05, 4.69) is 26.1 Å². The lowest BCUT2D eigenvalue weighted by molar-refractivity contribution is -0.123. The van der Waals surface area contributed by atoms with E-state index in [1.165, 1.54) is 17.7 Å². The fraction of sp³-hybridized carbons (Fsp3) is 0.333.